The van der Waals surface area contributed by atoms with E-state index in [-0.39, 0.29) is 18.5 Å². The highest BCUT2D eigenvalue weighted by atomic mass is 19.4. The maximum absolute atomic E-state index is 13.3. The maximum atomic E-state index is 13.3. The molecule has 1 aromatic carbocycles. The summed E-state index contributed by atoms with van der Waals surface area (Å²) in [5, 5.41) is 13.6. The SMILES string of the molecule is Cc1nc(N2C[C@@H](NC(=O)C(C)(C)c3ccnc(C(F)(F)F)c3)C[C@H]2C(=O)O)c2oc3ccccc3c2n1. The zero-order valence-corrected chi connectivity index (χ0v) is 20.7. The van der Waals surface area contributed by atoms with E-state index in [4.69, 9.17) is 4.42 Å². The van der Waals surface area contributed by atoms with Crippen LogP contribution in [0.4, 0.5) is 19.0 Å². The van der Waals surface area contributed by atoms with E-state index in [1.807, 2.05) is 18.2 Å². The molecule has 0 saturated carbocycles. The number of aliphatic carboxylic acids is 1. The van der Waals surface area contributed by atoms with Gasteiger partial charge in [-0.1, -0.05) is 12.1 Å². The number of carboxylic acid groups (broad SMARTS) is 1. The molecule has 4 aromatic rings. The van der Waals surface area contributed by atoms with Gasteiger partial charge in [-0.15, -0.1) is 0 Å². The Hall–Kier alpha value is -4.22. The number of benzene rings is 1. The van der Waals surface area contributed by atoms with E-state index >= 15 is 0 Å². The Kier molecular flexibility index (Phi) is 6.00. The van der Waals surface area contributed by atoms with E-state index in [2.05, 4.69) is 20.3 Å². The molecule has 3 aromatic heterocycles. The lowest BCUT2D eigenvalue weighted by atomic mass is 9.83. The molecule has 1 aliphatic rings. The van der Waals surface area contributed by atoms with E-state index < -0.39 is 41.2 Å². The summed E-state index contributed by atoms with van der Waals surface area (Å²) < 4.78 is 45.5. The second-order valence-corrected chi connectivity index (χ2v) is 9.84. The highest BCUT2D eigenvalue weighted by Crippen LogP contribution is 2.36. The summed E-state index contributed by atoms with van der Waals surface area (Å²) >= 11 is 0. The number of para-hydroxylation sites is 1. The smallest absolute Gasteiger partial charge is 0.433 e. The monoisotopic (exact) mass is 527 g/mol. The van der Waals surface area contributed by atoms with E-state index in [9.17, 15) is 27.9 Å². The predicted molar refractivity (Wildman–Crippen MR) is 132 cm³/mol. The van der Waals surface area contributed by atoms with Gasteiger partial charge in [0, 0.05) is 30.6 Å². The Morgan fingerprint density at radius 1 is 1.16 bits per heavy atom. The summed E-state index contributed by atoms with van der Waals surface area (Å²) in [6, 6.07) is 7.87. The van der Waals surface area contributed by atoms with Crippen LogP contribution in [0.25, 0.3) is 22.1 Å². The number of pyridine rings is 1. The number of halogens is 3. The van der Waals surface area contributed by atoms with E-state index in [1.54, 1.807) is 17.9 Å². The van der Waals surface area contributed by atoms with Crippen molar-refractivity contribution in [1.29, 1.82) is 0 Å². The van der Waals surface area contributed by atoms with Gasteiger partial charge in [0.05, 0.1) is 5.41 Å². The zero-order valence-electron chi connectivity index (χ0n) is 20.7. The summed E-state index contributed by atoms with van der Waals surface area (Å²) in [6.07, 6.45) is -3.58. The molecule has 2 N–H and O–H groups in total. The topological polar surface area (TPSA) is 121 Å². The van der Waals surface area contributed by atoms with E-state index in [0.717, 1.165) is 17.6 Å². The predicted octanol–water partition coefficient (Wildman–Crippen LogP) is 4.22. The molecule has 0 unspecified atom stereocenters. The molecular weight excluding hydrogens is 503 g/mol. The third-order valence-corrected chi connectivity index (χ3v) is 6.85. The molecular formula is C26H24F3N5O4. The zero-order chi connectivity index (χ0) is 27.4. The second-order valence-electron chi connectivity index (χ2n) is 9.84. The first-order valence-electron chi connectivity index (χ1n) is 11.9. The number of carbonyl (C=O) groups excluding carboxylic acids is 1. The summed E-state index contributed by atoms with van der Waals surface area (Å²) in [5.41, 5.74) is -0.824. The van der Waals surface area contributed by atoms with Crippen molar-refractivity contribution in [2.75, 3.05) is 11.4 Å². The first-order valence-corrected chi connectivity index (χ1v) is 11.9. The molecule has 9 nitrogen and oxygen atoms in total. The van der Waals surface area contributed by atoms with Crippen LogP contribution in [0.5, 0.6) is 0 Å². The van der Waals surface area contributed by atoms with Gasteiger partial charge in [0.15, 0.2) is 11.4 Å². The Morgan fingerprint density at radius 3 is 2.61 bits per heavy atom. The highest BCUT2D eigenvalue weighted by Gasteiger charge is 2.42. The lowest BCUT2D eigenvalue weighted by molar-refractivity contribution is -0.141. The summed E-state index contributed by atoms with van der Waals surface area (Å²) in [6.45, 7) is 4.81. The van der Waals surface area contributed by atoms with Gasteiger partial charge in [-0.2, -0.15) is 13.2 Å². The number of carbonyl (C=O) groups is 2. The number of hydrogen-bond acceptors (Lipinski definition) is 7. The normalized spacial score (nSPS) is 18.3. The summed E-state index contributed by atoms with van der Waals surface area (Å²) in [5.74, 6) is -0.919. The van der Waals surface area contributed by atoms with Gasteiger partial charge >= 0.3 is 12.1 Å². The summed E-state index contributed by atoms with van der Waals surface area (Å²) in [7, 11) is 0. The lowest BCUT2D eigenvalue weighted by Crippen LogP contribution is -2.46. The van der Waals surface area contributed by atoms with Gasteiger partial charge in [-0.25, -0.2) is 14.8 Å². The molecule has 0 spiro atoms. The molecule has 5 rings (SSSR count). The number of hydrogen-bond donors (Lipinski definition) is 2. The minimum absolute atomic E-state index is 0.0616. The summed E-state index contributed by atoms with van der Waals surface area (Å²) in [4.78, 5) is 39.4. The highest BCUT2D eigenvalue weighted by molar-refractivity contribution is 6.06. The number of aryl methyl sites for hydroxylation is 1. The molecule has 0 bridgehead atoms. The Labute approximate surface area is 214 Å². The number of carboxylic acids is 1. The Morgan fingerprint density at radius 2 is 1.89 bits per heavy atom. The van der Waals surface area contributed by atoms with Crippen molar-refractivity contribution >= 4 is 39.8 Å². The average molecular weight is 528 g/mol. The molecule has 1 saturated heterocycles. The fourth-order valence-electron chi connectivity index (χ4n) is 4.76. The van der Waals surface area contributed by atoms with Gasteiger partial charge in [0.1, 0.15) is 28.7 Å². The van der Waals surface area contributed by atoms with Crippen LogP contribution in [0.3, 0.4) is 0 Å². The molecule has 198 valence electrons. The molecule has 1 amide bonds. The molecule has 38 heavy (non-hydrogen) atoms. The van der Waals surface area contributed by atoms with Crippen LogP contribution in [0.1, 0.15) is 37.4 Å². The van der Waals surface area contributed by atoms with E-state index in [0.29, 0.717) is 28.3 Å². The Bertz CT molecular complexity index is 1570. The Balaban J connectivity index is 1.45. The second kappa shape index (κ2) is 8.96. The lowest BCUT2D eigenvalue weighted by Gasteiger charge is -2.27. The van der Waals surface area contributed by atoms with Crippen molar-refractivity contribution in [2.24, 2.45) is 0 Å². The van der Waals surface area contributed by atoms with Crippen LogP contribution >= 0.6 is 0 Å². The fourth-order valence-corrected chi connectivity index (χ4v) is 4.76. The molecule has 0 radical (unpaired) electrons. The number of aromatic nitrogens is 3. The average Bonchev–Trinajstić information content (AvgIpc) is 3.45. The number of nitrogens with one attached hydrogen (secondary N) is 1. The van der Waals surface area contributed by atoms with Crippen molar-refractivity contribution in [3.8, 4) is 0 Å². The first-order chi connectivity index (χ1) is 17.9. The molecule has 12 heteroatoms. The third-order valence-electron chi connectivity index (χ3n) is 6.85. The van der Waals surface area contributed by atoms with Crippen LogP contribution in [0, 0.1) is 6.92 Å². The van der Waals surface area contributed by atoms with Crippen LogP contribution in [-0.4, -0.2) is 50.6 Å². The van der Waals surface area contributed by atoms with Crippen molar-refractivity contribution < 1.29 is 32.3 Å². The van der Waals surface area contributed by atoms with Gasteiger partial charge < -0.3 is 19.7 Å². The van der Waals surface area contributed by atoms with Gasteiger partial charge in [-0.3, -0.25) is 9.78 Å². The maximum Gasteiger partial charge on any atom is 0.433 e. The number of amides is 1. The van der Waals surface area contributed by atoms with Crippen molar-refractivity contribution in [1.82, 2.24) is 20.3 Å². The number of anilines is 1. The number of nitrogens with zero attached hydrogens (tertiary/aromatic N) is 4. The van der Waals surface area contributed by atoms with Crippen molar-refractivity contribution in [2.45, 2.75) is 50.9 Å². The standard InChI is InChI=1S/C26H24F3N5O4/c1-13-31-20-16-6-4-5-7-18(16)38-21(20)22(32-13)34-12-15(11-17(34)23(35)36)33-24(37)25(2,3)14-8-9-30-19(10-14)26(27,28)29/h4-10,15,17H,11-12H2,1-3H3,(H,33,37)(H,35,36)/t15-,17-/m0/s1. The number of fused-ring (bicyclic) bond motifs is 3. The number of rotatable bonds is 5. The van der Waals surface area contributed by atoms with Crippen molar-refractivity contribution in [3.05, 3.63) is 59.7 Å². The van der Waals surface area contributed by atoms with Gasteiger partial charge in [0.2, 0.25) is 5.91 Å². The van der Waals surface area contributed by atoms with Crippen LogP contribution in [0.15, 0.2) is 47.0 Å². The molecule has 2 atom stereocenters. The minimum Gasteiger partial charge on any atom is -0.480 e. The molecule has 1 aliphatic heterocycles. The van der Waals surface area contributed by atoms with Crippen LogP contribution in [0.2, 0.25) is 0 Å². The number of alkyl halides is 3. The number of furan rings is 1. The molecule has 1 fully saturated rings. The fraction of sp³-hybridized carbons (Fsp3) is 0.346. The first kappa shape index (κ1) is 25.4. The van der Waals surface area contributed by atoms with E-state index in [1.165, 1.54) is 19.9 Å². The minimum atomic E-state index is -4.65. The largest absolute Gasteiger partial charge is 0.480 e. The third kappa shape index (κ3) is 4.39. The van der Waals surface area contributed by atoms with Crippen LogP contribution < -0.4 is 10.2 Å². The quantitative estimate of drug-likeness (QED) is 0.396. The molecule has 0 aliphatic carbocycles. The van der Waals surface area contributed by atoms with Gasteiger partial charge in [-0.05, 0) is 50.6 Å². The van der Waals surface area contributed by atoms with Crippen LogP contribution in [-0.2, 0) is 21.2 Å². The van der Waals surface area contributed by atoms with Crippen molar-refractivity contribution in [3.63, 3.8) is 0 Å². The van der Waals surface area contributed by atoms with Gasteiger partial charge in [0.25, 0.3) is 0 Å². The molecule has 4 heterocycles.